The zero-order valence-electron chi connectivity index (χ0n) is 19.0. The van der Waals surface area contributed by atoms with Crippen molar-refractivity contribution >= 4 is 22.8 Å². The summed E-state index contributed by atoms with van der Waals surface area (Å²) in [7, 11) is 1.29. The summed E-state index contributed by atoms with van der Waals surface area (Å²) < 4.78 is 43.3. The molecule has 1 saturated heterocycles. The van der Waals surface area contributed by atoms with Crippen molar-refractivity contribution in [3.63, 3.8) is 0 Å². The number of hydrogen-bond donors (Lipinski definition) is 2. The third kappa shape index (κ3) is 6.03. The predicted octanol–water partition coefficient (Wildman–Crippen LogP) is 4.13. The lowest BCUT2D eigenvalue weighted by atomic mass is 9.87. The van der Waals surface area contributed by atoms with Crippen LogP contribution in [-0.2, 0) is 4.74 Å². The summed E-state index contributed by atoms with van der Waals surface area (Å²) in [6.07, 6.45) is -3.81. The maximum absolute atomic E-state index is 13.1. The molecule has 2 aromatic carbocycles. The number of ether oxygens (including phenoxy) is 1. The van der Waals surface area contributed by atoms with Crippen LogP contribution in [0.4, 0.5) is 13.2 Å². The average Bonchev–Trinajstić information content (AvgIpc) is 3.28. The molecule has 3 aromatic rings. The highest BCUT2D eigenvalue weighted by Gasteiger charge is 2.39. The standard InChI is InChI=1S/C26H24F3N3O3/c1-35-24(34)19-8-6-18(7-9-19)10-11-25(12-14-32(15-13-25)17-26(27,28)29)31-23(33)22-16-20-4-2-3-5-21(20)30-22/h2-9,16,30H,12-15,17H2,1H3,(H,31,33). The second kappa shape index (κ2) is 9.84. The monoisotopic (exact) mass is 483 g/mol. The second-order valence-corrected chi connectivity index (χ2v) is 8.52. The number of aromatic amines is 1. The number of esters is 1. The molecular weight excluding hydrogens is 459 g/mol. The average molecular weight is 483 g/mol. The van der Waals surface area contributed by atoms with Crippen molar-refractivity contribution in [3.05, 3.63) is 71.4 Å². The van der Waals surface area contributed by atoms with Gasteiger partial charge in [0.25, 0.3) is 5.91 Å². The minimum atomic E-state index is -4.29. The molecule has 1 aliphatic heterocycles. The molecule has 0 spiro atoms. The molecule has 0 aliphatic carbocycles. The molecule has 1 fully saturated rings. The van der Waals surface area contributed by atoms with E-state index in [4.69, 9.17) is 0 Å². The molecule has 1 amide bonds. The third-order valence-corrected chi connectivity index (χ3v) is 5.99. The van der Waals surface area contributed by atoms with E-state index in [9.17, 15) is 22.8 Å². The van der Waals surface area contributed by atoms with Gasteiger partial charge in [-0.15, -0.1) is 0 Å². The van der Waals surface area contributed by atoms with E-state index in [1.165, 1.54) is 12.0 Å². The van der Waals surface area contributed by atoms with Gasteiger partial charge in [0, 0.05) is 29.6 Å². The summed E-state index contributed by atoms with van der Waals surface area (Å²) in [6, 6.07) is 15.7. The lowest BCUT2D eigenvalue weighted by molar-refractivity contribution is -0.148. The van der Waals surface area contributed by atoms with Gasteiger partial charge in [-0.05, 0) is 49.2 Å². The molecule has 35 heavy (non-hydrogen) atoms. The van der Waals surface area contributed by atoms with Crippen molar-refractivity contribution in [2.24, 2.45) is 0 Å². The van der Waals surface area contributed by atoms with Crippen molar-refractivity contribution in [1.29, 1.82) is 0 Å². The van der Waals surface area contributed by atoms with Crippen LogP contribution in [0.3, 0.4) is 0 Å². The number of alkyl halides is 3. The van der Waals surface area contributed by atoms with Crippen molar-refractivity contribution in [1.82, 2.24) is 15.2 Å². The highest BCUT2D eigenvalue weighted by atomic mass is 19.4. The van der Waals surface area contributed by atoms with Gasteiger partial charge in [-0.3, -0.25) is 9.69 Å². The smallest absolute Gasteiger partial charge is 0.401 e. The largest absolute Gasteiger partial charge is 0.465 e. The van der Waals surface area contributed by atoms with Crippen LogP contribution >= 0.6 is 0 Å². The van der Waals surface area contributed by atoms with Crippen LogP contribution in [0.2, 0.25) is 0 Å². The quantitative estimate of drug-likeness (QED) is 0.432. The molecule has 0 bridgehead atoms. The molecule has 1 aliphatic rings. The summed E-state index contributed by atoms with van der Waals surface area (Å²) in [5, 5.41) is 3.85. The SMILES string of the molecule is COC(=O)c1ccc(C#CC2(NC(=O)c3cc4ccccc4[nH]3)CCN(CC(F)(F)F)CC2)cc1. The number of carbonyl (C=O) groups excluding carboxylic acids is 2. The van der Waals surface area contributed by atoms with Crippen LogP contribution in [0.25, 0.3) is 10.9 Å². The van der Waals surface area contributed by atoms with Crippen LogP contribution in [0.5, 0.6) is 0 Å². The number of carbonyl (C=O) groups is 2. The lowest BCUT2D eigenvalue weighted by Crippen LogP contribution is -2.55. The topological polar surface area (TPSA) is 74.4 Å². The first kappa shape index (κ1) is 24.4. The highest BCUT2D eigenvalue weighted by molar-refractivity contribution is 5.98. The van der Waals surface area contributed by atoms with E-state index in [1.807, 2.05) is 24.3 Å². The number of rotatable bonds is 4. The number of benzene rings is 2. The molecule has 2 heterocycles. The molecule has 6 nitrogen and oxygen atoms in total. The fourth-order valence-electron chi connectivity index (χ4n) is 4.11. The Kier molecular flexibility index (Phi) is 6.85. The fraction of sp³-hybridized carbons (Fsp3) is 0.308. The Morgan fingerprint density at radius 2 is 1.80 bits per heavy atom. The van der Waals surface area contributed by atoms with E-state index in [2.05, 4.69) is 26.9 Å². The van der Waals surface area contributed by atoms with Gasteiger partial charge >= 0.3 is 12.1 Å². The number of amides is 1. The van der Waals surface area contributed by atoms with Gasteiger partial charge in [0.15, 0.2) is 0 Å². The summed E-state index contributed by atoms with van der Waals surface area (Å²) in [6.45, 7) is -0.716. The van der Waals surface area contributed by atoms with Crippen molar-refractivity contribution in [2.45, 2.75) is 24.6 Å². The Bertz CT molecular complexity index is 1250. The fourth-order valence-corrected chi connectivity index (χ4v) is 4.11. The molecular formula is C26H24F3N3O3. The summed E-state index contributed by atoms with van der Waals surface area (Å²) in [5.41, 5.74) is 1.14. The zero-order valence-corrected chi connectivity index (χ0v) is 19.0. The highest BCUT2D eigenvalue weighted by Crippen LogP contribution is 2.26. The number of fused-ring (bicyclic) bond motifs is 1. The number of aromatic nitrogens is 1. The van der Waals surface area contributed by atoms with E-state index < -0.39 is 24.2 Å². The van der Waals surface area contributed by atoms with Crippen LogP contribution in [0.15, 0.2) is 54.6 Å². The molecule has 0 radical (unpaired) electrons. The minimum absolute atomic E-state index is 0.141. The first-order valence-electron chi connectivity index (χ1n) is 11.1. The Morgan fingerprint density at radius 3 is 2.43 bits per heavy atom. The van der Waals surface area contributed by atoms with Crippen LogP contribution < -0.4 is 5.32 Å². The first-order valence-corrected chi connectivity index (χ1v) is 11.1. The number of hydrogen-bond acceptors (Lipinski definition) is 4. The van der Waals surface area contributed by atoms with Gasteiger partial charge in [0.2, 0.25) is 0 Å². The first-order chi connectivity index (χ1) is 16.7. The van der Waals surface area contributed by atoms with Crippen LogP contribution in [0.1, 0.15) is 39.3 Å². The van der Waals surface area contributed by atoms with E-state index in [0.29, 0.717) is 16.8 Å². The van der Waals surface area contributed by atoms with Crippen molar-refractivity contribution in [3.8, 4) is 11.8 Å². The number of H-pyrrole nitrogens is 1. The molecule has 2 N–H and O–H groups in total. The van der Waals surface area contributed by atoms with Crippen molar-refractivity contribution in [2.75, 3.05) is 26.7 Å². The second-order valence-electron chi connectivity index (χ2n) is 8.52. The minimum Gasteiger partial charge on any atom is -0.465 e. The number of para-hydroxylation sites is 1. The van der Waals surface area contributed by atoms with Gasteiger partial charge < -0.3 is 15.0 Å². The number of methoxy groups -OCH3 is 1. The number of piperidine rings is 1. The molecule has 0 unspecified atom stereocenters. The Morgan fingerprint density at radius 1 is 1.11 bits per heavy atom. The summed E-state index contributed by atoms with van der Waals surface area (Å²) in [4.78, 5) is 29.1. The van der Waals surface area contributed by atoms with Gasteiger partial charge in [-0.25, -0.2) is 4.79 Å². The number of likely N-dealkylation sites (tertiary alicyclic amines) is 1. The molecule has 9 heteroatoms. The van der Waals surface area contributed by atoms with Crippen molar-refractivity contribution < 1.29 is 27.5 Å². The van der Waals surface area contributed by atoms with Gasteiger partial charge in [-0.2, -0.15) is 13.2 Å². The number of nitrogens with one attached hydrogen (secondary N) is 2. The maximum Gasteiger partial charge on any atom is 0.401 e. The maximum atomic E-state index is 13.1. The molecule has 1 aromatic heterocycles. The van der Waals surface area contributed by atoms with E-state index in [1.54, 1.807) is 30.3 Å². The summed E-state index contributed by atoms with van der Waals surface area (Å²) >= 11 is 0. The Labute approximate surface area is 200 Å². The molecule has 182 valence electrons. The molecule has 0 saturated carbocycles. The van der Waals surface area contributed by atoms with Crippen LogP contribution in [0, 0.1) is 11.8 Å². The summed E-state index contributed by atoms with van der Waals surface area (Å²) in [5.74, 6) is 5.29. The zero-order chi connectivity index (χ0) is 25.1. The Balaban J connectivity index is 1.57. The van der Waals surface area contributed by atoms with E-state index in [-0.39, 0.29) is 31.8 Å². The van der Waals surface area contributed by atoms with Gasteiger partial charge in [-0.1, -0.05) is 30.0 Å². The number of nitrogens with zero attached hydrogens (tertiary/aromatic N) is 1. The van der Waals surface area contributed by atoms with Gasteiger partial charge in [0.05, 0.1) is 19.2 Å². The lowest BCUT2D eigenvalue weighted by Gasteiger charge is -2.39. The number of halogens is 3. The van der Waals surface area contributed by atoms with Gasteiger partial charge in [0.1, 0.15) is 11.2 Å². The molecule has 4 rings (SSSR count). The Hall–Kier alpha value is -3.77. The van der Waals surface area contributed by atoms with Crippen LogP contribution in [-0.4, -0.2) is 60.2 Å². The third-order valence-electron chi connectivity index (χ3n) is 5.99. The predicted molar refractivity (Wildman–Crippen MR) is 125 cm³/mol. The molecule has 0 atom stereocenters. The van der Waals surface area contributed by atoms with E-state index in [0.717, 1.165) is 10.9 Å². The van der Waals surface area contributed by atoms with E-state index >= 15 is 0 Å². The normalized spacial score (nSPS) is 15.8.